The number of benzene rings is 11. The van der Waals surface area contributed by atoms with E-state index in [0.717, 1.165) is 33.8 Å². The number of nitrogens with zero attached hydrogens (tertiary/aromatic N) is 1. The smallest absolute Gasteiger partial charge is 0.0713 e. The van der Waals surface area contributed by atoms with Crippen molar-refractivity contribution in [3.63, 3.8) is 0 Å². The summed E-state index contributed by atoms with van der Waals surface area (Å²) in [5, 5.41) is 2.44. The van der Waals surface area contributed by atoms with Crippen molar-refractivity contribution < 1.29 is 0 Å². The highest BCUT2D eigenvalue weighted by atomic mass is 15.1. The summed E-state index contributed by atoms with van der Waals surface area (Å²) in [6.45, 7) is 6.85. The predicted octanol–water partition coefficient (Wildman–Crippen LogP) is 18.6. The maximum atomic E-state index is 2.55. The lowest BCUT2D eigenvalue weighted by Crippen LogP contribution is -2.28. The van der Waals surface area contributed by atoms with E-state index < -0.39 is 5.41 Å². The molecule has 0 bridgehead atoms. The van der Waals surface area contributed by atoms with Crippen LogP contribution in [0, 0.1) is 0 Å². The van der Waals surface area contributed by atoms with Crippen LogP contribution in [0.2, 0.25) is 0 Å². The van der Waals surface area contributed by atoms with Crippen LogP contribution >= 0.6 is 0 Å². The van der Waals surface area contributed by atoms with Crippen molar-refractivity contribution in [2.45, 2.75) is 31.6 Å². The number of hydrogen-bond donors (Lipinski definition) is 0. The van der Waals surface area contributed by atoms with E-state index in [9.17, 15) is 0 Å². The summed E-state index contributed by atoms with van der Waals surface area (Å²) < 4.78 is 0. The summed E-state index contributed by atoms with van der Waals surface area (Å²) >= 11 is 0. The average molecular weight is 896 g/mol. The van der Waals surface area contributed by atoms with Gasteiger partial charge in [-0.15, -0.1) is 0 Å². The van der Waals surface area contributed by atoms with E-state index in [-0.39, 0.29) is 5.41 Å². The lowest BCUT2D eigenvalue weighted by Gasteiger charge is -2.34. The van der Waals surface area contributed by atoms with Gasteiger partial charge in [0.1, 0.15) is 0 Å². The van der Waals surface area contributed by atoms with Gasteiger partial charge in [-0.25, -0.2) is 0 Å². The molecule has 0 unspecified atom stereocenters. The molecule has 1 aliphatic carbocycles. The van der Waals surface area contributed by atoms with Crippen LogP contribution in [-0.4, -0.2) is 0 Å². The molecule has 0 saturated heterocycles. The molecule has 0 radical (unpaired) electrons. The molecule has 0 saturated carbocycles. The van der Waals surface area contributed by atoms with Gasteiger partial charge < -0.3 is 4.90 Å². The zero-order chi connectivity index (χ0) is 47.2. The van der Waals surface area contributed by atoms with Crippen LogP contribution < -0.4 is 4.90 Å². The summed E-state index contributed by atoms with van der Waals surface area (Å²) in [5.74, 6) is 0. The first-order valence-corrected chi connectivity index (χ1v) is 24.5. The average Bonchev–Trinajstić information content (AvgIpc) is 3.73. The summed E-state index contributed by atoms with van der Waals surface area (Å²) in [6.07, 6.45) is 0. The van der Waals surface area contributed by atoms with Crippen LogP contribution in [0.15, 0.2) is 267 Å². The number of fused-ring (bicyclic) bond motifs is 4. The van der Waals surface area contributed by atoms with Gasteiger partial charge >= 0.3 is 0 Å². The second kappa shape index (κ2) is 17.5. The Morgan fingerprint density at radius 1 is 0.300 bits per heavy atom. The summed E-state index contributed by atoms with van der Waals surface area (Å²) in [5.41, 5.74) is 21.2. The minimum absolute atomic E-state index is 0.0339. The van der Waals surface area contributed by atoms with Gasteiger partial charge in [0.2, 0.25) is 0 Å². The Labute approximate surface area is 412 Å². The van der Waals surface area contributed by atoms with Gasteiger partial charge in [0, 0.05) is 16.7 Å². The van der Waals surface area contributed by atoms with Gasteiger partial charge in [-0.2, -0.15) is 0 Å². The number of anilines is 3. The molecule has 11 aromatic carbocycles. The number of para-hydroxylation sites is 3. The fraction of sp³-hybridized carbons (Fsp3) is 0.0725. The molecule has 0 amide bonds. The van der Waals surface area contributed by atoms with Crippen LogP contribution in [0.4, 0.5) is 17.1 Å². The van der Waals surface area contributed by atoms with Gasteiger partial charge in [0.05, 0.1) is 22.5 Å². The monoisotopic (exact) mass is 895 g/mol. The largest absolute Gasteiger partial charge is 0.309 e. The quantitative estimate of drug-likeness (QED) is 0.140. The van der Waals surface area contributed by atoms with E-state index in [0.29, 0.717) is 0 Å². The minimum Gasteiger partial charge on any atom is -0.309 e. The Bertz CT molecular complexity index is 3630. The maximum Gasteiger partial charge on any atom is 0.0713 e. The van der Waals surface area contributed by atoms with Crippen molar-refractivity contribution >= 4 is 27.8 Å². The van der Waals surface area contributed by atoms with Gasteiger partial charge in [-0.05, 0) is 101 Å². The second-order valence-corrected chi connectivity index (χ2v) is 19.5. The molecule has 1 nitrogen and oxygen atoms in total. The second-order valence-electron chi connectivity index (χ2n) is 19.5. The van der Waals surface area contributed by atoms with Crippen LogP contribution in [0.1, 0.15) is 48.6 Å². The fourth-order valence-corrected chi connectivity index (χ4v) is 11.4. The first kappa shape index (κ1) is 42.8. The molecule has 0 N–H and O–H groups in total. The van der Waals surface area contributed by atoms with E-state index >= 15 is 0 Å². The Hall–Kier alpha value is -8.52. The molecule has 11 aromatic rings. The van der Waals surface area contributed by atoms with Crippen LogP contribution in [0.3, 0.4) is 0 Å². The molecule has 0 aromatic heterocycles. The molecule has 12 rings (SSSR count). The van der Waals surface area contributed by atoms with E-state index in [1.54, 1.807) is 0 Å². The van der Waals surface area contributed by atoms with E-state index in [2.05, 4.69) is 293 Å². The molecule has 70 heavy (non-hydrogen) atoms. The van der Waals surface area contributed by atoms with Gasteiger partial charge in [-0.1, -0.05) is 269 Å². The molecule has 334 valence electrons. The molecule has 0 spiro atoms. The summed E-state index contributed by atoms with van der Waals surface area (Å²) in [7, 11) is 0. The molecule has 0 heterocycles. The maximum absolute atomic E-state index is 2.55. The molecular formula is C69H53N. The Morgan fingerprint density at radius 3 is 1.31 bits per heavy atom. The Balaban J connectivity index is 1.15. The third kappa shape index (κ3) is 7.08. The number of hydrogen-bond acceptors (Lipinski definition) is 1. The Kier molecular flexibility index (Phi) is 10.7. The molecule has 0 fully saturated rings. The van der Waals surface area contributed by atoms with Crippen molar-refractivity contribution in [2.75, 3.05) is 4.90 Å². The van der Waals surface area contributed by atoms with Gasteiger partial charge in [0.15, 0.2) is 0 Å². The topological polar surface area (TPSA) is 3.24 Å². The normalized spacial score (nSPS) is 12.6. The van der Waals surface area contributed by atoms with Crippen LogP contribution in [0.25, 0.3) is 66.4 Å². The molecule has 1 heteroatoms. The van der Waals surface area contributed by atoms with Crippen molar-refractivity contribution in [1.82, 2.24) is 0 Å². The molecule has 1 aliphatic rings. The van der Waals surface area contributed by atoms with Gasteiger partial charge in [-0.3, -0.25) is 0 Å². The van der Waals surface area contributed by atoms with E-state index in [1.165, 1.54) is 77.5 Å². The van der Waals surface area contributed by atoms with Crippen molar-refractivity contribution in [1.29, 1.82) is 0 Å². The lowest BCUT2D eigenvalue weighted by atomic mass is 9.67. The highest BCUT2D eigenvalue weighted by molar-refractivity contribution is 6.10. The highest BCUT2D eigenvalue weighted by Crippen LogP contribution is 2.59. The van der Waals surface area contributed by atoms with E-state index in [1.807, 2.05) is 0 Å². The van der Waals surface area contributed by atoms with E-state index in [4.69, 9.17) is 0 Å². The standard InChI is InChI=1S/C69H53N/c1-68(2,3)51-46-44-49(45-47-51)54-32-14-18-41-63(54)70(64-42-19-15-33-56(64)58-37-22-27-50-26-21-36-55(66(50)58)48-24-7-4-8-25-48)65-43-20-16-34-57(65)59-38-23-40-62-67(59)60-35-13-17-39-61(60)69(62,52-28-9-5-10-29-52)53-30-11-6-12-31-53/h4-47H,1-3H3. The molecule has 0 atom stereocenters. The SMILES string of the molecule is CC(C)(C)c1ccc(-c2ccccc2N(c2ccccc2-c2cccc3c2-c2ccccc2C3(c2ccccc2)c2ccccc2)c2ccccc2-c2cccc3cccc(-c4ccccc4)c23)cc1. The minimum atomic E-state index is -0.525. The fourth-order valence-electron chi connectivity index (χ4n) is 11.4. The van der Waals surface area contributed by atoms with Gasteiger partial charge in [0.25, 0.3) is 0 Å². The zero-order valence-electron chi connectivity index (χ0n) is 39.9. The molecular weight excluding hydrogens is 843 g/mol. The summed E-state index contributed by atoms with van der Waals surface area (Å²) in [6, 6.07) is 98.8. The van der Waals surface area contributed by atoms with Crippen molar-refractivity contribution in [3.05, 3.63) is 295 Å². The molecule has 0 aliphatic heterocycles. The third-order valence-electron chi connectivity index (χ3n) is 14.5. The van der Waals surface area contributed by atoms with Crippen LogP contribution in [-0.2, 0) is 10.8 Å². The summed E-state index contributed by atoms with van der Waals surface area (Å²) in [4.78, 5) is 2.55. The van der Waals surface area contributed by atoms with Crippen molar-refractivity contribution in [3.8, 4) is 55.6 Å². The third-order valence-corrected chi connectivity index (χ3v) is 14.5. The van der Waals surface area contributed by atoms with Crippen LogP contribution in [0.5, 0.6) is 0 Å². The van der Waals surface area contributed by atoms with Crippen molar-refractivity contribution in [2.24, 2.45) is 0 Å². The number of rotatable bonds is 9. The Morgan fingerprint density at radius 2 is 0.714 bits per heavy atom. The lowest BCUT2D eigenvalue weighted by molar-refractivity contribution is 0.590. The predicted molar refractivity (Wildman–Crippen MR) is 296 cm³/mol. The first-order valence-electron chi connectivity index (χ1n) is 24.5. The zero-order valence-corrected chi connectivity index (χ0v) is 39.9. The highest BCUT2D eigenvalue weighted by Gasteiger charge is 2.47. The first-order chi connectivity index (χ1) is 34.4.